The maximum absolute atomic E-state index is 14.9. The summed E-state index contributed by atoms with van der Waals surface area (Å²) in [6.07, 6.45) is 1.00. The van der Waals surface area contributed by atoms with E-state index in [0.29, 0.717) is 5.02 Å². The molecule has 3 aromatic rings. The normalized spacial score (nSPS) is 11.1. The molecule has 1 aromatic heterocycles. The topological polar surface area (TPSA) is 94.9 Å². The van der Waals surface area contributed by atoms with Gasteiger partial charge in [-0.3, -0.25) is 4.79 Å². The molecule has 0 atom stereocenters. The Balaban J connectivity index is 1.98. The Morgan fingerprint density at radius 1 is 1.10 bits per heavy atom. The molecule has 0 aliphatic carbocycles. The number of benzene rings is 2. The second-order valence-electron chi connectivity index (χ2n) is 5.80. The molecule has 160 valence electrons. The molecule has 1 heterocycles. The molecule has 1 N–H and O–H groups in total. The number of aromatic nitrogens is 2. The van der Waals surface area contributed by atoms with Crippen LogP contribution in [0, 0.1) is 11.6 Å². The fourth-order valence-corrected chi connectivity index (χ4v) is 2.61. The number of rotatable bonds is 7. The summed E-state index contributed by atoms with van der Waals surface area (Å²) in [7, 11) is 2.61. The second-order valence-corrected chi connectivity index (χ2v) is 6.24. The van der Waals surface area contributed by atoms with Crippen LogP contribution in [-0.4, -0.2) is 35.7 Å². The highest BCUT2D eigenvalue weighted by Gasteiger charge is 2.22. The van der Waals surface area contributed by atoms with Crippen molar-refractivity contribution in [2.24, 2.45) is 5.16 Å². The monoisotopic (exact) mass is 448 g/mol. The molecule has 0 saturated heterocycles. The Morgan fingerprint density at radius 3 is 2.52 bits per heavy atom. The molecule has 1 amide bonds. The van der Waals surface area contributed by atoms with Gasteiger partial charge in [0.1, 0.15) is 30.8 Å². The van der Waals surface area contributed by atoms with Crippen LogP contribution in [0.4, 0.5) is 8.78 Å². The Morgan fingerprint density at radius 2 is 1.84 bits per heavy atom. The quantitative estimate of drug-likeness (QED) is 0.432. The van der Waals surface area contributed by atoms with Crippen molar-refractivity contribution < 1.29 is 27.9 Å². The summed E-state index contributed by atoms with van der Waals surface area (Å²) >= 11 is 5.89. The first-order valence-corrected chi connectivity index (χ1v) is 9.05. The standard InChI is InChI=1S/C20H15ClF2N4O4/c1-24-18(28)17(27-29-2)14-7-6-12(22)9-15(14)31-20-16(23)19(25-10-26-20)30-13-5-3-4-11(21)8-13/h3-10H,1-2H3,(H,24,28)/b27-17+. The van der Waals surface area contributed by atoms with Gasteiger partial charge < -0.3 is 19.6 Å². The van der Waals surface area contributed by atoms with E-state index in [1.54, 1.807) is 18.2 Å². The van der Waals surface area contributed by atoms with E-state index in [4.69, 9.17) is 21.1 Å². The maximum Gasteiger partial charge on any atom is 0.273 e. The summed E-state index contributed by atoms with van der Waals surface area (Å²) in [5.41, 5.74) is -0.178. The van der Waals surface area contributed by atoms with E-state index in [9.17, 15) is 13.6 Å². The molecule has 2 aromatic carbocycles. The van der Waals surface area contributed by atoms with E-state index in [1.807, 2.05) is 0 Å². The minimum atomic E-state index is -1.05. The molecule has 0 saturated carbocycles. The maximum atomic E-state index is 14.9. The lowest BCUT2D eigenvalue weighted by molar-refractivity contribution is -0.114. The second kappa shape index (κ2) is 9.81. The fourth-order valence-electron chi connectivity index (χ4n) is 2.43. The Kier molecular flexibility index (Phi) is 6.93. The minimum Gasteiger partial charge on any atom is -0.436 e. The van der Waals surface area contributed by atoms with Gasteiger partial charge in [-0.15, -0.1) is 0 Å². The molecular formula is C20H15ClF2N4O4. The third kappa shape index (κ3) is 5.23. The lowest BCUT2D eigenvalue weighted by atomic mass is 10.1. The first-order chi connectivity index (χ1) is 14.9. The summed E-state index contributed by atoms with van der Waals surface area (Å²) < 4.78 is 39.6. The van der Waals surface area contributed by atoms with Crippen molar-refractivity contribution in [2.75, 3.05) is 14.2 Å². The number of amides is 1. The van der Waals surface area contributed by atoms with Gasteiger partial charge in [0.15, 0.2) is 5.71 Å². The molecule has 31 heavy (non-hydrogen) atoms. The minimum absolute atomic E-state index is 0.0397. The summed E-state index contributed by atoms with van der Waals surface area (Å²) in [4.78, 5) is 24.3. The number of nitrogens with one attached hydrogen (secondary N) is 1. The average Bonchev–Trinajstić information content (AvgIpc) is 2.75. The molecule has 0 unspecified atom stereocenters. The number of carbonyl (C=O) groups is 1. The summed E-state index contributed by atoms with van der Waals surface area (Å²) in [5.74, 6) is -3.39. The summed E-state index contributed by atoms with van der Waals surface area (Å²) in [5, 5.41) is 6.40. The highest BCUT2D eigenvalue weighted by molar-refractivity contribution is 6.45. The van der Waals surface area contributed by atoms with Crippen molar-refractivity contribution in [3.63, 3.8) is 0 Å². The highest BCUT2D eigenvalue weighted by Crippen LogP contribution is 2.32. The Bertz CT molecular complexity index is 1140. The van der Waals surface area contributed by atoms with Gasteiger partial charge in [0, 0.05) is 18.1 Å². The SMILES string of the molecule is CNC(=O)/C(=N/OC)c1ccc(F)cc1Oc1ncnc(Oc2cccc(Cl)c2)c1F. The van der Waals surface area contributed by atoms with E-state index in [1.165, 1.54) is 26.3 Å². The highest BCUT2D eigenvalue weighted by atomic mass is 35.5. The molecule has 8 nitrogen and oxygen atoms in total. The number of carbonyl (C=O) groups excluding carboxylic acids is 1. The number of halogens is 3. The molecule has 0 fully saturated rings. The number of hydrogen-bond donors (Lipinski definition) is 1. The molecule has 11 heteroatoms. The third-order valence-electron chi connectivity index (χ3n) is 3.77. The molecular weight excluding hydrogens is 434 g/mol. The van der Waals surface area contributed by atoms with Crippen molar-refractivity contribution in [3.05, 3.63) is 71.0 Å². The van der Waals surface area contributed by atoms with Crippen LogP contribution in [0.2, 0.25) is 5.02 Å². The van der Waals surface area contributed by atoms with Crippen molar-refractivity contribution in [1.29, 1.82) is 0 Å². The van der Waals surface area contributed by atoms with Gasteiger partial charge in [-0.25, -0.2) is 4.39 Å². The lowest BCUT2D eigenvalue weighted by Crippen LogP contribution is -2.29. The first-order valence-electron chi connectivity index (χ1n) is 8.68. The predicted molar refractivity (Wildman–Crippen MR) is 108 cm³/mol. The molecule has 3 rings (SSSR count). The molecule has 0 spiro atoms. The molecule has 0 aliphatic heterocycles. The van der Waals surface area contributed by atoms with Crippen molar-refractivity contribution in [2.45, 2.75) is 0 Å². The number of hydrogen-bond acceptors (Lipinski definition) is 7. The van der Waals surface area contributed by atoms with E-state index in [2.05, 4.69) is 25.3 Å². The van der Waals surface area contributed by atoms with E-state index >= 15 is 0 Å². The van der Waals surface area contributed by atoms with Crippen molar-refractivity contribution in [3.8, 4) is 23.3 Å². The molecule has 0 aliphatic rings. The average molecular weight is 449 g/mol. The summed E-state index contributed by atoms with van der Waals surface area (Å²) in [6.45, 7) is 0. The Labute approximate surface area is 180 Å². The fraction of sp³-hybridized carbons (Fsp3) is 0.100. The van der Waals surface area contributed by atoms with Crippen LogP contribution < -0.4 is 14.8 Å². The zero-order valence-corrected chi connectivity index (χ0v) is 17.0. The van der Waals surface area contributed by atoms with Gasteiger partial charge in [0.2, 0.25) is 5.82 Å². The third-order valence-corrected chi connectivity index (χ3v) is 4.00. The number of nitrogens with zero attached hydrogens (tertiary/aromatic N) is 3. The van der Waals surface area contributed by atoms with E-state index < -0.39 is 29.3 Å². The number of oxime groups is 1. The zero-order chi connectivity index (χ0) is 22.4. The van der Waals surface area contributed by atoms with E-state index in [-0.39, 0.29) is 22.8 Å². The van der Waals surface area contributed by atoms with Gasteiger partial charge in [-0.1, -0.05) is 22.8 Å². The Hall–Kier alpha value is -3.79. The molecule has 0 bridgehead atoms. The van der Waals surface area contributed by atoms with Crippen LogP contribution in [0.1, 0.15) is 5.56 Å². The van der Waals surface area contributed by atoms with Crippen molar-refractivity contribution >= 4 is 23.2 Å². The van der Waals surface area contributed by atoms with Gasteiger partial charge in [-0.05, 0) is 30.3 Å². The van der Waals surface area contributed by atoms with Crippen LogP contribution in [0.25, 0.3) is 0 Å². The number of ether oxygens (including phenoxy) is 2. The van der Waals surface area contributed by atoms with Gasteiger partial charge in [0.25, 0.3) is 17.7 Å². The predicted octanol–water partition coefficient (Wildman–Crippen LogP) is 4.09. The van der Waals surface area contributed by atoms with Gasteiger partial charge >= 0.3 is 0 Å². The lowest BCUT2D eigenvalue weighted by Gasteiger charge is -2.13. The smallest absolute Gasteiger partial charge is 0.273 e. The summed E-state index contributed by atoms with van der Waals surface area (Å²) in [6, 6.07) is 9.52. The van der Waals surface area contributed by atoms with Crippen molar-refractivity contribution in [1.82, 2.24) is 15.3 Å². The van der Waals surface area contributed by atoms with E-state index in [0.717, 1.165) is 18.5 Å². The molecule has 0 radical (unpaired) electrons. The van der Waals surface area contributed by atoms with Crippen LogP contribution in [0.15, 0.2) is 53.9 Å². The zero-order valence-electron chi connectivity index (χ0n) is 16.2. The van der Waals surface area contributed by atoms with Crippen LogP contribution in [-0.2, 0) is 9.63 Å². The first kappa shape index (κ1) is 21.9. The largest absolute Gasteiger partial charge is 0.436 e. The van der Waals surface area contributed by atoms with Crippen LogP contribution >= 0.6 is 11.6 Å². The van der Waals surface area contributed by atoms with Gasteiger partial charge in [-0.2, -0.15) is 14.4 Å². The van der Waals surface area contributed by atoms with Gasteiger partial charge in [0.05, 0.1) is 5.56 Å². The van der Waals surface area contributed by atoms with Crippen LogP contribution in [0.5, 0.6) is 23.3 Å². The van der Waals surface area contributed by atoms with Crippen LogP contribution in [0.3, 0.4) is 0 Å². The number of likely N-dealkylation sites (N-methyl/N-ethyl adjacent to an activating group) is 1.